The van der Waals surface area contributed by atoms with Crippen molar-refractivity contribution in [3.63, 3.8) is 0 Å². The van der Waals surface area contributed by atoms with Crippen LogP contribution in [0.3, 0.4) is 0 Å². The van der Waals surface area contributed by atoms with Crippen molar-refractivity contribution in [3.05, 3.63) is 0 Å². The first kappa shape index (κ1) is 14.2. The largest absolute Gasteiger partial charge is 0.370 e. The second-order valence-electron chi connectivity index (χ2n) is 4.29. The molecule has 0 aromatic rings. The minimum Gasteiger partial charge on any atom is -0.370 e. The van der Waals surface area contributed by atoms with Crippen LogP contribution in [-0.4, -0.2) is 50.1 Å². The first-order valence-electron chi connectivity index (χ1n) is 6.00. The molecule has 3 N–H and O–H groups in total. The Bertz CT molecular complexity index is 367. The lowest BCUT2D eigenvalue weighted by atomic mass is 10.3. The predicted octanol–water partition coefficient (Wildman–Crippen LogP) is -0.275. The van der Waals surface area contributed by atoms with Gasteiger partial charge in [-0.2, -0.15) is 0 Å². The molecule has 0 amide bonds. The van der Waals surface area contributed by atoms with Gasteiger partial charge in [-0.1, -0.05) is 6.92 Å². The molecular formula is C10H22N4O2S. The van der Waals surface area contributed by atoms with E-state index in [2.05, 4.69) is 17.2 Å². The Balaban J connectivity index is 2.34. The standard InChI is InChI=1S/C10H22N4O2S/c1-3-9(2)13-10(11)12-5-7-14-6-4-8-17(14,15)16/h9H,3-8H2,1-2H3,(H3,11,12,13). The number of nitrogens with one attached hydrogen (secondary N) is 1. The molecule has 1 unspecified atom stereocenters. The van der Waals surface area contributed by atoms with E-state index in [0.29, 0.717) is 32.0 Å². The van der Waals surface area contributed by atoms with Gasteiger partial charge in [0.1, 0.15) is 0 Å². The van der Waals surface area contributed by atoms with Crippen LogP contribution in [0.1, 0.15) is 26.7 Å². The molecule has 17 heavy (non-hydrogen) atoms. The number of nitrogens with zero attached hydrogens (tertiary/aromatic N) is 2. The van der Waals surface area contributed by atoms with Crippen molar-refractivity contribution in [3.8, 4) is 0 Å². The Morgan fingerprint density at radius 2 is 2.29 bits per heavy atom. The predicted molar refractivity (Wildman–Crippen MR) is 69.4 cm³/mol. The van der Waals surface area contributed by atoms with Gasteiger partial charge in [-0.3, -0.25) is 4.99 Å². The minimum atomic E-state index is -3.01. The van der Waals surface area contributed by atoms with Gasteiger partial charge in [0, 0.05) is 19.1 Å². The number of aliphatic imine (C=N–C) groups is 1. The second kappa shape index (κ2) is 6.20. The Morgan fingerprint density at radius 1 is 1.59 bits per heavy atom. The average Bonchev–Trinajstić information content (AvgIpc) is 2.58. The van der Waals surface area contributed by atoms with Gasteiger partial charge in [-0.05, 0) is 19.8 Å². The van der Waals surface area contributed by atoms with E-state index in [-0.39, 0.29) is 11.8 Å². The van der Waals surface area contributed by atoms with E-state index in [9.17, 15) is 8.42 Å². The van der Waals surface area contributed by atoms with E-state index in [1.54, 1.807) is 0 Å². The highest BCUT2D eigenvalue weighted by atomic mass is 32.2. The van der Waals surface area contributed by atoms with Crippen LogP contribution in [0.2, 0.25) is 0 Å². The lowest BCUT2D eigenvalue weighted by Crippen LogP contribution is -2.38. The molecule has 6 nitrogen and oxygen atoms in total. The Hall–Kier alpha value is -0.820. The molecule has 0 aliphatic carbocycles. The zero-order chi connectivity index (χ0) is 12.9. The highest BCUT2D eigenvalue weighted by molar-refractivity contribution is 7.89. The molecule has 0 saturated carbocycles. The summed E-state index contributed by atoms with van der Waals surface area (Å²) in [5.41, 5.74) is 5.67. The van der Waals surface area contributed by atoms with Gasteiger partial charge in [0.15, 0.2) is 5.96 Å². The molecule has 1 rings (SSSR count). The fourth-order valence-corrected chi connectivity index (χ4v) is 3.14. The maximum atomic E-state index is 11.5. The molecule has 0 radical (unpaired) electrons. The van der Waals surface area contributed by atoms with Gasteiger partial charge >= 0.3 is 0 Å². The van der Waals surface area contributed by atoms with Crippen LogP contribution in [0, 0.1) is 0 Å². The summed E-state index contributed by atoms with van der Waals surface area (Å²) in [6.07, 6.45) is 1.68. The van der Waals surface area contributed by atoms with Crippen molar-refractivity contribution in [2.45, 2.75) is 32.7 Å². The van der Waals surface area contributed by atoms with Crippen molar-refractivity contribution in [2.24, 2.45) is 10.7 Å². The molecular weight excluding hydrogens is 240 g/mol. The van der Waals surface area contributed by atoms with Crippen molar-refractivity contribution in [2.75, 3.05) is 25.4 Å². The van der Waals surface area contributed by atoms with E-state index in [0.717, 1.165) is 6.42 Å². The minimum absolute atomic E-state index is 0.261. The molecule has 1 fully saturated rings. The molecule has 1 saturated heterocycles. The first-order chi connectivity index (χ1) is 7.95. The second-order valence-corrected chi connectivity index (χ2v) is 6.38. The molecule has 100 valence electrons. The van der Waals surface area contributed by atoms with Crippen LogP contribution < -0.4 is 11.1 Å². The summed E-state index contributed by atoms with van der Waals surface area (Å²) in [4.78, 5) is 4.12. The Labute approximate surface area is 103 Å². The highest BCUT2D eigenvalue weighted by Crippen LogP contribution is 2.11. The third-order valence-corrected chi connectivity index (χ3v) is 4.80. The molecule has 7 heteroatoms. The quantitative estimate of drug-likeness (QED) is 0.527. The Morgan fingerprint density at radius 3 is 2.82 bits per heavy atom. The summed E-state index contributed by atoms with van der Waals surface area (Å²) in [6.45, 7) is 5.52. The van der Waals surface area contributed by atoms with Crippen LogP contribution in [0.5, 0.6) is 0 Å². The zero-order valence-corrected chi connectivity index (χ0v) is 11.3. The first-order valence-corrected chi connectivity index (χ1v) is 7.61. The summed E-state index contributed by atoms with van der Waals surface area (Å²) >= 11 is 0. The van der Waals surface area contributed by atoms with E-state index in [1.165, 1.54) is 4.31 Å². The van der Waals surface area contributed by atoms with E-state index in [1.807, 2.05) is 6.92 Å². The van der Waals surface area contributed by atoms with Crippen molar-refractivity contribution in [1.29, 1.82) is 0 Å². The summed E-state index contributed by atoms with van der Waals surface area (Å²) in [6, 6.07) is 0.286. The third-order valence-electron chi connectivity index (χ3n) is 2.84. The highest BCUT2D eigenvalue weighted by Gasteiger charge is 2.27. The van der Waals surface area contributed by atoms with Gasteiger partial charge in [0.2, 0.25) is 10.0 Å². The fourth-order valence-electron chi connectivity index (χ4n) is 1.62. The van der Waals surface area contributed by atoms with E-state index < -0.39 is 10.0 Å². The summed E-state index contributed by atoms with van der Waals surface area (Å²) in [7, 11) is -3.01. The molecule has 0 aromatic heterocycles. The van der Waals surface area contributed by atoms with Crippen LogP contribution >= 0.6 is 0 Å². The molecule has 0 bridgehead atoms. The number of hydrogen-bond donors (Lipinski definition) is 2. The van der Waals surface area contributed by atoms with E-state index in [4.69, 9.17) is 5.73 Å². The van der Waals surface area contributed by atoms with Crippen molar-refractivity contribution >= 4 is 16.0 Å². The number of guanidine groups is 1. The van der Waals surface area contributed by atoms with Crippen molar-refractivity contribution < 1.29 is 8.42 Å². The van der Waals surface area contributed by atoms with Crippen LogP contribution in [-0.2, 0) is 10.0 Å². The number of hydrogen-bond acceptors (Lipinski definition) is 3. The summed E-state index contributed by atoms with van der Waals surface area (Å²) in [5, 5.41) is 3.04. The van der Waals surface area contributed by atoms with Gasteiger partial charge < -0.3 is 11.1 Å². The monoisotopic (exact) mass is 262 g/mol. The normalized spacial score (nSPS) is 22.6. The van der Waals surface area contributed by atoms with E-state index >= 15 is 0 Å². The third kappa shape index (κ3) is 4.51. The average molecular weight is 262 g/mol. The molecule has 1 atom stereocenters. The molecule has 0 aromatic carbocycles. The lowest BCUT2D eigenvalue weighted by Gasteiger charge is -2.14. The summed E-state index contributed by atoms with van der Waals surface area (Å²) in [5.74, 6) is 0.646. The van der Waals surface area contributed by atoms with Crippen molar-refractivity contribution in [1.82, 2.24) is 9.62 Å². The number of sulfonamides is 1. The SMILES string of the molecule is CCC(C)NC(N)=NCCN1CCCS1(=O)=O. The fraction of sp³-hybridized carbons (Fsp3) is 0.900. The lowest BCUT2D eigenvalue weighted by molar-refractivity contribution is 0.452. The molecule has 0 spiro atoms. The van der Waals surface area contributed by atoms with Gasteiger partial charge in [0.25, 0.3) is 0 Å². The topological polar surface area (TPSA) is 87.8 Å². The van der Waals surface area contributed by atoms with Crippen LogP contribution in [0.15, 0.2) is 4.99 Å². The van der Waals surface area contributed by atoms with Gasteiger partial charge in [0.05, 0.1) is 12.3 Å². The zero-order valence-electron chi connectivity index (χ0n) is 10.5. The van der Waals surface area contributed by atoms with Crippen LogP contribution in [0.25, 0.3) is 0 Å². The van der Waals surface area contributed by atoms with Gasteiger partial charge in [-0.15, -0.1) is 0 Å². The maximum absolute atomic E-state index is 11.5. The number of rotatable bonds is 5. The molecule has 1 heterocycles. The summed E-state index contributed by atoms with van der Waals surface area (Å²) < 4.78 is 24.5. The molecule has 1 aliphatic heterocycles. The molecule has 1 aliphatic rings. The number of nitrogens with two attached hydrogens (primary N) is 1. The maximum Gasteiger partial charge on any atom is 0.214 e. The van der Waals surface area contributed by atoms with Crippen LogP contribution in [0.4, 0.5) is 0 Å². The Kier molecular flexibility index (Phi) is 5.20. The van der Waals surface area contributed by atoms with Gasteiger partial charge in [-0.25, -0.2) is 12.7 Å². The smallest absolute Gasteiger partial charge is 0.214 e.